The van der Waals surface area contributed by atoms with Gasteiger partial charge >= 0.3 is 0 Å². The van der Waals surface area contributed by atoms with E-state index < -0.39 is 8.24 Å². The van der Waals surface area contributed by atoms with Crippen LogP contribution in [0.3, 0.4) is 0 Å². The Morgan fingerprint density at radius 3 is 1.94 bits per heavy atom. The molecule has 0 amide bonds. The van der Waals surface area contributed by atoms with Crippen LogP contribution in [-0.2, 0) is 0 Å². The Hall–Kier alpha value is -0.863. The van der Waals surface area contributed by atoms with Crippen LogP contribution in [0.15, 0.2) is 30.8 Å². The molecule has 0 aliphatic carbocycles. The van der Waals surface area contributed by atoms with E-state index in [1.54, 1.807) is 0 Å². The molecule has 0 fully saturated rings. The summed E-state index contributed by atoms with van der Waals surface area (Å²) in [6, 6.07) is 8.98. The van der Waals surface area contributed by atoms with Crippen molar-refractivity contribution in [1.29, 1.82) is 0 Å². The number of nitrogens with zero attached hydrogens (tertiary/aromatic N) is 1. The Labute approximate surface area is 107 Å². The smallest absolute Gasteiger partial charge is 0.154 e. The molecular weight excluding hydrogens is 222 g/mol. The predicted molar refractivity (Wildman–Crippen MR) is 81.2 cm³/mol. The van der Waals surface area contributed by atoms with E-state index in [0.717, 1.165) is 18.7 Å². The molecule has 0 atom stereocenters. The van der Waals surface area contributed by atoms with Crippen molar-refractivity contribution >= 4 is 19.0 Å². The summed E-state index contributed by atoms with van der Waals surface area (Å²) < 4.78 is 2.61. The Bertz CT molecular complexity index is 374. The average molecular weight is 247 g/mol. The standard InChI is InChI=1S/C15H25NSi/c1-7-16(8-2)17(5,6)15-11-9-14(10-12-15)13(3)4/h9-12H,3,7-8H2,1-2,4-6H3. The van der Waals surface area contributed by atoms with E-state index in [1.807, 2.05) is 0 Å². The molecule has 0 spiro atoms. The molecule has 0 aromatic heterocycles. The lowest BCUT2D eigenvalue weighted by atomic mass is 10.1. The normalized spacial score (nSPS) is 11.9. The molecule has 0 N–H and O–H groups in total. The monoisotopic (exact) mass is 247 g/mol. The summed E-state index contributed by atoms with van der Waals surface area (Å²) >= 11 is 0. The minimum atomic E-state index is -1.46. The van der Waals surface area contributed by atoms with E-state index in [9.17, 15) is 0 Å². The fraction of sp³-hybridized carbons (Fsp3) is 0.467. The van der Waals surface area contributed by atoms with Crippen molar-refractivity contribution in [3.8, 4) is 0 Å². The zero-order chi connectivity index (χ0) is 13.1. The van der Waals surface area contributed by atoms with Crippen LogP contribution in [0.2, 0.25) is 13.1 Å². The van der Waals surface area contributed by atoms with Gasteiger partial charge in [-0.2, -0.15) is 0 Å². The molecule has 1 nitrogen and oxygen atoms in total. The lowest BCUT2D eigenvalue weighted by molar-refractivity contribution is 0.474. The molecule has 2 heteroatoms. The fourth-order valence-electron chi connectivity index (χ4n) is 2.36. The van der Waals surface area contributed by atoms with Crippen LogP contribution in [0, 0.1) is 0 Å². The molecule has 0 unspecified atom stereocenters. The molecule has 0 saturated carbocycles. The number of hydrogen-bond donors (Lipinski definition) is 0. The van der Waals surface area contributed by atoms with Crippen molar-refractivity contribution in [3.63, 3.8) is 0 Å². The minimum absolute atomic E-state index is 1.14. The highest BCUT2D eigenvalue weighted by molar-refractivity contribution is 6.87. The lowest BCUT2D eigenvalue weighted by Crippen LogP contribution is -2.57. The highest BCUT2D eigenvalue weighted by Gasteiger charge is 2.29. The summed E-state index contributed by atoms with van der Waals surface area (Å²) in [6.45, 7) is 17.7. The van der Waals surface area contributed by atoms with E-state index in [0.29, 0.717) is 0 Å². The molecule has 0 bridgehead atoms. The van der Waals surface area contributed by atoms with Gasteiger partial charge in [-0.15, -0.1) is 0 Å². The van der Waals surface area contributed by atoms with Gasteiger partial charge in [0.15, 0.2) is 8.24 Å². The van der Waals surface area contributed by atoms with Gasteiger partial charge in [0.1, 0.15) is 0 Å². The maximum absolute atomic E-state index is 3.99. The van der Waals surface area contributed by atoms with Gasteiger partial charge in [0.05, 0.1) is 0 Å². The Morgan fingerprint density at radius 2 is 1.59 bits per heavy atom. The van der Waals surface area contributed by atoms with Crippen LogP contribution in [0.5, 0.6) is 0 Å². The topological polar surface area (TPSA) is 3.24 Å². The third-order valence-corrected chi connectivity index (χ3v) is 7.60. The highest BCUT2D eigenvalue weighted by atomic mass is 28.3. The highest BCUT2D eigenvalue weighted by Crippen LogP contribution is 2.14. The summed E-state index contributed by atoms with van der Waals surface area (Å²) in [5.74, 6) is 0. The van der Waals surface area contributed by atoms with Gasteiger partial charge in [0.25, 0.3) is 0 Å². The van der Waals surface area contributed by atoms with Crippen molar-refractivity contribution in [2.75, 3.05) is 13.1 Å². The summed E-state index contributed by atoms with van der Waals surface area (Å²) in [4.78, 5) is 0. The summed E-state index contributed by atoms with van der Waals surface area (Å²) in [6.07, 6.45) is 0. The Kier molecular flexibility index (Phi) is 4.72. The van der Waals surface area contributed by atoms with Gasteiger partial charge in [-0.25, -0.2) is 0 Å². The first-order valence-corrected chi connectivity index (χ1v) is 9.39. The second-order valence-corrected chi connectivity index (χ2v) is 9.42. The average Bonchev–Trinajstić information content (AvgIpc) is 2.30. The molecule has 17 heavy (non-hydrogen) atoms. The third-order valence-electron chi connectivity index (χ3n) is 3.64. The second kappa shape index (κ2) is 5.65. The molecule has 1 aromatic carbocycles. The molecule has 0 radical (unpaired) electrons. The Morgan fingerprint density at radius 1 is 1.12 bits per heavy atom. The van der Waals surface area contributed by atoms with Crippen molar-refractivity contribution in [2.45, 2.75) is 33.9 Å². The zero-order valence-corrected chi connectivity index (χ0v) is 12.9. The van der Waals surface area contributed by atoms with Gasteiger partial charge in [0, 0.05) is 0 Å². The van der Waals surface area contributed by atoms with Crippen molar-refractivity contribution in [3.05, 3.63) is 36.4 Å². The molecule has 0 heterocycles. The van der Waals surface area contributed by atoms with Crippen molar-refractivity contribution in [1.82, 2.24) is 4.57 Å². The predicted octanol–water partition coefficient (Wildman–Crippen LogP) is 3.47. The second-order valence-electron chi connectivity index (χ2n) is 5.09. The zero-order valence-electron chi connectivity index (χ0n) is 11.9. The quantitative estimate of drug-likeness (QED) is 0.720. The molecule has 0 aliphatic heterocycles. The van der Waals surface area contributed by atoms with Crippen LogP contribution in [0.25, 0.3) is 5.57 Å². The molecule has 0 saturated heterocycles. The first-order chi connectivity index (χ1) is 7.93. The van der Waals surface area contributed by atoms with Gasteiger partial charge in [-0.1, -0.05) is 63.4 Å². The van der Waals surface area contributed by atoms with Crippen LogP contribution in [-0.4, -0.2) is 25.9 Å². The van der Waals surface area contributed by atoms with E-state index in [1.165, 1.54) is 10.8 Å². The largest absolute Gasteiger partial charge is 0.321 e. The molecular formula is C15H25NSi. The van der Waals surface area contributed by atoms with E-state index in [2.05, 4.69) is 69.3 Å². The molecule has 1 aromatic rings. The van der Waals surface area contributed by atoms with Crippen molar-refractivity contribution < 1.29 is 0 Å². The lowest BCUT2D eigenvalue weighted by Gasteiger charge is -2.35. The third kappa shape index (κ3) is 3.08. The van der Waals surface area contributed by atoms with Crippen LogP contribution in [0.1, 0.15) is 26.3 Å². The first-order valence-electron chi connectivity index (χ1n) is 6.45. The number of benzene rings is 1. The summed E-state index contributed by atoms with van der Waals surface area (Å²) in [7, 11) is -1.46. The number of rotatable bonds is 5. The van der Waals surface area contributed by atoms with Crippen molar-refractivity contribution in [2.24, 2.45) is 0 Å². The summed E-state index contributed by atoms with van der Waals surface area (Å²) in [5, 5.41) is 1.51. The Balaban J connectivity index is 3.02. The maximum atomic E-state index is 3.99. The van der Waals surface area contributed by atoms with E-state index in [4.69, 9.17) is 0 Å². The maximum Gasteiger partial charge on any atom is 0.154 e. The van der Waals surface area contributed by atoms with Crippen LogP contribution in [0.4, 0.5) is 0 Å². The number of hydrogen-bond acceptors (Lipinski definition) is 1. The number of allylic oxidation sites excluding steroid dienone is 1. The van der Waals surface area contributed by atoms with Crippen LogP contribution >= 0.6 is 0 Å². The van der Waals surface area contributed by atoms with E-state index in [-0.39, 0.29) is 0 Å². The molecule has 0 aliphatic rings. The molecule has 1 rings (SSSR count). The van der Waals surface area contributed by atoms with Gasteiger partial charge in [-0.05, 0) is 30.8 Å². The SMILES string of the molecule is C=C(C)c1ccc([Si](C)(C)N(CC)CC)cc1. The first kappa shape index (κ1) is 14.2. The molecule has 94 valence electrons. The van der Waals surface area contributed by atoms with Gasteiger partial charge in [0.2, 0.25) is 0 Å². The fourth-order valence-corrected chi connectivity index (χ4v) is 5.29. The van der Waals surface area contributed by atoms with Crippen LogP contribution < -0.4 is 5.19 Å². The van der Waals surface area contributed by atoms with E-state index >= 15 is 0 Å². The minimum Gasteiger partial charge on any atom is -0.321 e. The van der Waals surface area contributed by atoms with Gasteiger partial charge in [-0.3, -0.25) is 0 Å². The summed E-state index contributed by atoms with van der Waals surface area (Å²) in [5.41, 5.74) is 2.39. The van der Waals surface area contributed by atoms with Gasteiger partial charge < -0.3 is 4.57 Å².